The van der Waals surface area contributed by atoms with Gasteiger partial charge in [0.1, 0.15) is 0 Å². The largest absolute Gasteiger partial charge is 0.327 e. The van der Waals surface area contributed by atoms with Crippen LogP contribution < -0.4 is 5.69 Å². The fraction of sp³-hybridized carbons (Fsp3) is 0.333. The number of hydrogen-bond acceptors (Lipinski definition) is 2. The van der Waals surface area contributed by atoms with Crippen molar-refractivity contribution in [2.24, 2.45) is 0 Å². The summed E-state index contributed by atoms with van der Waals surface area (Å²) >= 11 is 0. The Hall–Kier alpha value is -1.58. The monoisotopic (exact) mass is 177 g/mol. The second-order valence-electron chi connectivity index (χ2n) is 3.00. The molecular weight excluding hydrogens is 166 g/mol. The molecule has 2 rings (SSSR count). The van der Waals surface area contributed by atoms with Gasteiger partial charge in [-0.05, 0) is 25.5 Å². The molecule has 0 aromatic carbocycles. The molecular formula is C9H11N3O. The van der Waals surface area contributed by atoms with Crippen LogP contribution in [0, 0.1) is 6.92 Å². The zero-order valence-electron chi connectivity index (χ0n) is 7.66. The summed E-state index contributed by atoms with van der Waals surface area (Å²) in [6.07, 6.45) is 1.70. The predicted octanol–water partition coefficient (Wildman–Crippen LogP) is 1.05. The molecule has 0 fully saturated rings. The Morgan fingerprint density at radius 3 is 3.08 bits per heavy atom. The van der Waals surface area contributed by atoms with Crippen molar-refractivity contribution in [3.63, 3.8) is 0 Å². The van der Waals surface area contributed by atoms with Gasteiger partial charge < -0.3 is 0 Å². The Balaban J connectivity index is 2.96. The number of aromatic amines is 1. The molecule has 0 aliphatic carbocycles. The maximum atomic E-state index is 11.4. The second-order valence-corrected chi connectivity index (χ2v) is 3.00. The summed E-state index contributed by atoms with van der Waals surface area (Å²) in [6.45, 7) is 4.59. The molecule has 0 atom stereocenters. The number of aryl methyl sites for hydroxylation is 2. The van der Waals surface area contributed by atoms with E-state index in [1.54, 1.807) is 10.8 Å². The Kier molecular flexibility index (Phi) is 1.69. The molecule has 4 nitrogen and oxygen atoms in total. The third-order valence-corrected chi connectivity index (χ3v) is 2.18. The maximum absolute atomic E-state index is 11.4. The van der Waals surface area contributed by atoms with E-state index in [2.05, 4.69) is 9.97 Å². The lowest BCUT2D eigenvalue weighted by Gasteiger charge is -1.99. The van der Waals surface area contributed by atoms with Crippen LogP contribution in [-0.2, 0) is 6.54 Å². The van der Waals surface area contributed by atoms with Crippen molar-refractivity contribution in [2.75, 3.05) is 0 Å². The van der Waals surface area contributed by atoms with Gasteiger partial charge in [-0.2, -0.15) is 0 Å². The van der Waals surface area contributed by atoms with Crippen LogP contribution >= 0.6 is 0 Å². The number of hydrogen-bond donors (Lipinski definition) is 1. The van der Waals surface area contributed by atoms with E-state index in [9.17, 15) is 4.79 Å². The highest BCUT2D eigenvalue weighted by molar-refractivity contribution is 5.74. The van der Waals surface area contributed by atoms with Crippen molar-refractivity contribution in [2.45, 2.75) is 20.4 Å². The highest BCUT2D eigenvalue weighted by atomic mass is 16.1. The van der Waals surface area contributed by atoms with Gasteiger partial charge >= 0.3 is 5.69 Å². The molecule has 0 spiro atoms. The van der Waals surface area contributed by atoms with E-state index in [-0.39, 0.29) is 5.69 Å². The molecule has 13 heavy (non-hydrogen) atoms. The molecule has 68 valence electrons. The van der Waals surface area contributed by atoms with Crippen molar-refractivity contribution in [1.29, 1.82) is 0 Å². The first kappa shape index (κ1) is 8.04. The third-order valence-electron chi connectivity index (χ3n) is 2.18. The van der Waals surface area contributed by atoms with Gasteiger partial charge in [0.05, 0.1) is 5.52 Å². The number of imidazole rings is 1. The number of rotatable bonds is 1. The third kappa shape index (κ3) is 1.06. The first-order valence-electron chi connectivity index (χ1n) is 4.28. The van der Waals surface area contributed by atoms with Gasteiger partial charge in [0.15, 0.2) is 5.65 Å². The number of fused-ring (bicyclic) bond motifs is 1. The summed E-state index contributed by atoms with van der Waals surface area (Å²) in [7, 11) is 0. The summed E-state index contributed by atoms with van der Waals surface area (Å²) in [5, 5.41) is 0. The smallest absolute Gasteiger partial charge is 0.291 e. The van der Waals surface area contributed by atoms with E-state index >= 15 is 0 Å². The van der Waals surface area contributed by atoms with Gasteiger partial charge in [0, 0.05) is 12.7 Å². The van der Waals surface area contributed by atoms with Crippen LogP contribution in [0.3, 0.4) is 0 Å². The van der Waals surface area contributed by atoms with E-state index in [4.69, 9.17) is 0 Å². The van der Waals surface area contributed by atoms with Crippen LogP contribution in [0.1, 0.15) is 12.5 Å². The summed E-state index contributed by atoms with van der Waals surface area (Å²) in [4.78, 5) is 18.2. The van der Waals surface area contributed by atoms with Crippen LogP contribution in [0.25, 0.3) is 11.2 Å². The molecule has 0 radical (unpaired) electrons. The summed E-state index contributed by atoms with van der Waals surface area (Å²) < 4.78 is 1.69. The molecule has 0 amide bonds. The average Bonchev–Trinajstić information content (AvgIpc) is 2.42. The van der Waals surface area contributed by atoms with Gasteiger partial charge in [0.25, 0.3) is 0 Å². The van der Waals surface area contributed by atoms with E-state index < -0.39 is 0 Å². The summed E-state index contributed by atoms with van der Waals surface area (Å²) in [6, 6.07) is 1.90. The van der Waals surface area contributed by atoms with Gasteiger partial charge in [-0.15, -0.1) is 0 Å². The number of nitrogens with zero attached hydrogens (tertiary/aromatic N) is 2. The number of pyridine rings is 1. The number of nitrogens with one attached hydrogen (secondary N) is 1. The molecule has 0 unspecified atom stereocenters. The Labute approximate surface area is 75.2 Å². The normalized spacial score (nSPS) is 10.9. The van der Waals surface area contributed by atoms with E-state index in [0.717, 1.165) is 11.1 Å². The van der Waals surface area contributed by atoms with Gasteiger partial charge in [0.2, 0.25) is 0 Å². The minimum absolute atomic E-state index is 0.0840. The van der Waals surface area contributed by atoms with Gasteiger partial charge in [-0.25, -0.2) is 9.78 Å². The summed E-state index contributed by atoms with van der Waals surface area (Å²) in [5.41, 5.74) is 2.58. The molecule has 0 aliphatic heterocycles. The molecule has 2 heterocycles. The predicted molar refractivity (Wildman–Crippen MR) is 50.8 cm³/mol. The van der Waals surface area contributed by atoms with Crippen LogP contribution in [0.4, 0.5) is 0 Å². The first-order chi connectivity index (χ1) is 6.24. The van der Waals surface area contributed by atoms with E-state index in [0.29, 0.717) is 12.2 Å². The topological polar surface area (TPSA) is 50.7 Å². The molecule has 0 saturated heterocycles. The average molecular weight is 177 g/mol. The standard InChI is InChI=1S/C9H11N3O/c1-3-12-7-6(2)4-5-10-8(7)11-9(12)13/h4-5H,3H2,1-2H3,(H,10,11,13). The van der Waals surface area contributed by atoms with Crippen LogP contribution in [0.15, 0.2) is 17.1 Å². The Morgan fingerprint density at radius 1 is 1.62 bits per heavy atom. The summed E-state index contributed by atoms with van der Waals surface area (Å²) in [5.74, 6) is 0. The van der Waals surface area contributed by atoms with E-state index in [1.807, 2.05) is 19.9 Å². The van der Waals surface area contributed by atoms with Gasteiger partial charge in [-0.1, -0.05) is 0 Å². The lowest BCUT2D eigenvalue weighted by Crippen LogP contribution is -2.15. The molecule has 0 bridgehead atoms. The maximum Gasteiger partial charge on any atom is 0.327 e. The molecule has 0 aliphatic rings. The quantitative estimate of drug-likeness (QED) is 0.707. The van der Waals surface area contributed by atoms with Crippen molar-refractivity contribution < 1.29 is 0 Å². The first-order valence-corrected chi connectivity index (χ1v) is 4.28. The Morgan fingerprint density at radius 2 is 2.38 bits per heavy atom. The molecule has 2 aromatic rings. The van der Waals surface area contributed by atoms with Crippen LogP contribution in [-0.4, -0.2) is 14.5 Å². The molecule has 2 aromatic heterocycles. The number of aromatic nitrogens is 3. The SMILES string of the molecule is CCn1c(=O)[nH]c2nccc(C)c21. The minimum Gasteiger partial charge on any atom is -0.291 e. The minimum atomic E-state index is -0.0840. The van der Waals surface area contributed by atoms with Crippen molar-refractivity contribution in [1.82, 2.24) is 14.5 Å². The zero-order chi connectivity index (χ0) is 9.42. The fourth-order valence-corrected chi connectivity index (χ4v) is 1.55. The van der Waals surface area contributed by atoms with Gasteiger partial charge in [-0.3, -0.25) is 9.55 Å². The van der Waals surface area contributed by atoms with E-state index in [1.165, 1.54) is 0 Å². The van der Waals surface area contributed by atoms with Crippen LogP contribution in [0.2, 0.25) is 0 Å². The molecule has 0 saturated carbocycles. The Bertz CT molecular complexity index is 495. The second kappa shape index (κ2) is 2.73. The zero-order valence-corrected chi connectivity index (χ0v) is 7.66. The van der Waals surface area contributed by atoms with Crippen molar-refractivity contribution >= 4 is 11.2 Å². The lowest BCUT2D eigenvalue weighted by atomic mass is 10.3. The highest BCUT2D eigenvalue weighted by Crippen LogP contribution is 2.11. The molecule has 1 N–H and O–H groups in total. The molecule has 4 heteroatoms. The van der Waals surface area contributed by atoms with Crippen molar-refractivity contribution in [3.05, 3.63) is 28.3 Å². The lowest BCUT2D eigenvalue weighted by molar-refractivity contribution is 0.752. The highest BCUT2D eigenvalue weighted by Gasteiger charge is 2.07. The fourth-order valence-electron chi connectivity index (χ4n) is 1.55. The van der Waals surface area contributed by atoms with Crippen molar-refractivity contribution in [3.8, 4) is 0 Å². The van der Waals surface area contributed by atoms with Crippen LogP contribution in [0.5, 0.6) is 0 Å². The number of H-pyrrole nitrogens is 1.